The number of hydrogen-bond donors (Lipinski definition) is 0. The van der Waals surface area contributed by atoms with Crippen molar-refractivity contribution in [3.05, 3.63) is 223 Å². The Hall–Kier alpha value is -8.68. The van der Waals surface area contributed by atoms with Gasteiger partial charge in [0.25, 0.3) is 0 Å². The molecule has 0 saturated heterocycles. The molecule has 0 unspecified atom stereocenters. The zero-order chi connectivity index (χ0) is 44.3. The van der Waals surface area contributed by atoms with Crippen molar-refractivity contribution in [2.45, 2.75) is 13.8 Å². The van der Waals surface area contributed by atoms with Crippen molar-refractivity contribution >= 4 is 124 Å². The summed E-state index contributed by atoms with van der Waals surface area (Å²) in [5.74, 6) is 0.874. The monoisotopic (exact) mass is 861 g/mol. The summed E-state index contributed by atoms with van der Waals surface area (Å²) in [6.07, 6.45) is 0. The molecule has 12 aromatic rings. The highest BCUT2D eigenvalue weighted by Crippen LogP contribution is 2.53. The van der Waals surface area contributed by atoms with E-state index < -0.39 is 0 Å². The SMILES string of the molecule is CC1=C(c2c(C)oc3ccccc23)N(c2ccccc2)c2cc(N(c3ccccc3)c3cccc4oc5ccccc5c34)cc3c2B1c1ccc2oc4ccccc4c2c1N3c1ccccc1. The average molecular weight is 862 g/mol. The third-order valence-electron chi connectivity index (χ3n) is 13.9. The first-order valence-corrected chi connectivity index (χ1v) is 22.9. The van der Waals surface area contributed by atoms with Gasteiger partial charge in [0.05, 0.1) is 27.8 Å². The van der Waals surface area contributed by atoms with Gasteiger partial charge in [0.1, 0.15) is 33.7 Å². The molecule has 0 radical (unpaired) electrons. The molecule has 0 fully saturated rings. The van der Waals surface area contributed by atoms with Gasteiger partial charge in [-0.2, -0.15) is 0 Å². The van der Waals surface area contributed by atoms with Crippen LogP contribution in [0.4, 0.5) is 45.5 Å². The fourth-order valence-electron chi connectivity index (χ4n) is 11.3. The number of fused-ring (bicyclic) bond motifs is 10. The molecule has 316 valence electrons. The van der Waals surface area contributed by atoms with Crippen LogP contribution in [-0.2, 0) is 0 Å². The Morgan fingerprint density at radius 2 is 0.955 bits per heavy atom. The Morgan fingerprint density at radius 1 is 0.433 bits per heavy atom. The number of nitrogens with zero attached hydrogens (tertiary/aromatic N) is 3. The second-order valence-corrected chi connectivity index (χ2v) is 17.6. The maximum atomic E-state index is 6.71. The second kappa shape index (κ2) is 14.4. The Morgan fingerprint density at radius 3 is 1.63 bits per heavy atom. The van der Waals surface area contributed by atoms with Crippen LogP contribution in [-0.4, -0.2) is 6.71 Å². The van der Waals surface area contributed by atoms with Crippen LogP contribution in [0, 0.1) is 6.92 Å². The minimum atomic E-state index is -0.137. The van der Waals surface area contributed by atoms with E-state index in [0.717, 1.165) is 117 Å². The normalized spacial score (nSPS) is 13.4. The minimum absolute atomic E-state index is 0.137. The summed E-state index contributed by atoms with van der Waals surface area (Å²) in [6.45, 7) is 4.30. The lowest BCUT2D eigenvalue weighted by Crippen LogP contribution is -2.55. The van der Waals surface area contributed by atoms with Crippen molar-refractivity contribution in [3.8, 4) is 0 Å². The van der Waals surface area contributed by atoms with Crippen molar-refractivity contribution in [3.63, 3.8) is 0 Å². The largest absolute Gasteiger partial charge is 0.461 e. The number of hydrogen-bond acceptors (Lipinski definition) is 6. The van der Waals surface area contributed by atoms with Crippen molar-refractivity contribution in [1.29, 1.82) is 0 Å². The Balaban J connectivity index is 1.17. The highest BCUT2D eigenvalue weighted by molar-refractivity contribution is 6.96. The van der Waals surface area contributed by atoms with E-state index in [9.17, 15) is 0 Å². The number of para-hydroxylation sites is 6. The lowest BCUT2D eigenvalue weighted by Gasteiger charge is -2.45. The topological polar surface area (TPSA) is 49.1 Å². The molecule has 2 aliphatic rings. The predicted molar refractivity (Wildman–Crippen MR) is 278 cm³/mol. The minimum Gasteiger partial charge on any atom is -0.461 e. The molecule has 0 spiro atoms. The van der Waals surface area contributed by atoms with E-state index in [1.165, 1.54) is 16.4 Å². The molecule has 0 aliphatic carbocycles. The van der Waals surface area contributed by atoms with Gasteiger partial charge in [-0.25, -0.2) is 0 Å². The van der Waals surface area contributed by atoms with E-state index >= 15 is 0 Å². The number of benzene rings is 9. The zero-order valence-corrected chi connectivity index (χ0v) is 36.8. The van der Waals surface area contributed by atoms with Crippen LogP contribution in [0.5, 0.6) is 0 Å². The lowest BCUT2D eigenvalue weighted by atomic mass is 9.33. The number of rotatable bonds is 6. The molecule has 0 bridgehead atoms. The third kappa shape index (κ3) is 5.46. The van der Waals surface area contributed by atoms with E-state index in [0.29, 0.717) is 0 Å². The molecule has 5 heterocycles. The van der Waals surface area contributed by atoms with Gasteiger partial charge in [0.15, 0.2) is 0 Å². The summed E-state index contributed by atoms with van der Waals surface area (Å²) in [5.41, 5.74) is 18.6. The molecule has 9 aromatic carbocycles. The van der Waals surface area contributed by atoms with Crippen molar-refractivity contribution < 1.29 is 13.3 Å². The molecule has 3 aromatic heterocycles. The fourth-order valence-corrected chi connectivity index (χ4v) is 11.3. The molecule has 0 amide bonds. The predicted octanol–water partition coefficient (Wildman–Crippen LogP) is 15.5. The van der Waals surface area contributed by atoms with Crippen molar-refractivity contribution in [2.75, 3.05) is 14.7 Å². The highest BCUT2D eigenvalue weighted by Gasteiger charge is 2.46. The van der Waals surface area contributed by atoms with Crippen LogP contribution in [0.3, 0.4) is 0 Å². The quantitative estimate of drug-likeness (QED) is 0.155. The van der Waals surface area contributed by atoms with E-state index in [1.807, 2.05) is 6.07 Å². The summed E-state index contributed by atoms with van der Waals surface area (Å²) in [6, 6.07) is 73.3. The van der Waals surface area contributed by atoms with Crippen molar-refractivity contribution in [2.24, 2.45) is 0 Å². The van der Waals surface area contributed by atoms with Crippen LogP contribution in [0.1, 0.15) is 18.2 Å². The number of allylic oxidation sites excluding steroid dienone is 1. The second-order valence-electron chi connectivity index (χ2n) is 17.6. The van der Waals surface area contributed by atoms with Crippen LogP contribution in [0.2, 0.25) is 0 Å². The summed E-state index contributed by atoms with van der Waals surface area (Å²) < 4.78 is 20.0. The maximum Gasteiger partial charge on any atom is 0.247 e. The first-order chi connectivity index (χ1) is 33.1. The standard InChI is InChI=1S/C60H40BN3O3/c1-37-59(55-38(2)65-50-29-15-12-25-43(50)55)63(40-21-8-4-9-22-40)48-35-42(62(39-19-6-3-7-20-39)47-28-18-32-53-56(47)44-26-13-16-30-51(44)66-53)36-49-58(48)61(37)46-33-34-54-57(45-27-14-17-31-52(45)67-54)60(46)64(49)41-23-10-5-11-24-41/h3-36H,1-2H3. The molecule has 14 rings (SSSR count). The van der Waals surface area contributed by atoms with Gasteiger partial charge in [-0.3, -0.25) is 0 Å². The summed E-state index contributed by atoms with van der Waals surface area (Å²) in [4.78, 5) is 7.40. The maximum absolute atomic E-state index is 6.71. The molecule has 2 aliphatic heterocycles. The van der Waals surface area contributed by atoms with E-state index in [4.69, 9.17) is 13.3 Å². The van der Waals surface area contributed by atoms with E-state index in [2.05, 4.69) is 229 Å². The Kier molecular flexibility index (Phi) is 8.11. The van der Waals surface area contributed by atoms with Gasteiger partial charge in [-0.1, -0.05) is 127 Å². The van der Waals surface area contributed by atoms with Gasteiger partial charge in [0, 0.05) is 55.9 Å². The zero-order valence-electron chi connectivity index (χ0n) is 36.8. The molecule has 0 N–H and O–H groups in total. The van der Waals surface area contributed by atoms with Gasteiger partial charge < -0.3 is 28.0 Å². The van der Waals surface area contributed by atoms with Crippen LogP contribution in [0.15, 0.2) is 225 Å². The van der Waals surface area contributed by atoms with Gasteiger partial charge in [-0.05, 0) is 110 Å². The van der Waals surface area contributed by atoms with Crippen LogP contribution < -0.4 is 25.6 Å². The molecule has 67 heavy (non-hydrogen) atoms. The summed E-state index contributed by atoms with van der Waals surface area (Å²) in [7, 11) is 0. The van der Waals surface area contributed by atoms with Crippen LogP contribution >= 0.6 is 0 Å². The number of aryl methyl sites for hydroxylation is 1. The first kappa shape index (κ1) is 37.7. The van der Waals surface area contributed by atoms with Gasteiger partial charge in [-0.15, -0.1) is 0 Å². The van der Waals surface area contributed by atoms with E-state index in [1.54, 1.807) is 0 Å². The molecule has 7 heteroatoms. The third-order valence-corrected chi connectivity index (χ3v) is 13.9. The molecule has 0 saturated carbocycles. The molecular weight excluding hydrogens is 821 g/mol. The Bertz CT molecular complexity index is 3980. The van der Waals surface area contributed by atoms with Crippen molar-refractivity contribution in [1.82, 2.24) is 0 Å². The van der Waals surface area contributed by atoms with E-state index in [-0.39, 0.29) is 6.71 Å². The van der Waals surface area contributed by atoms with Crippen LogP contribution in [0.25, 0.3) is 60.5 Å². The Labute approximate surface area is 386 Å². The summed E-state index contributed by atoms with van der Waals surface area (Å²) in [5, 5.41) is 5.38. The first-order valence-electron chi connectivity index (χ1n) is 22.9. The number of furan rings is 3. The lowest BCUT2D eigenvalue weighted by molar-refractivity contribution is 0.577. The molecule has 6 nitrogen and oxygen atoms in total. The highest BCUT2D eigenvalue weighted by atomic mass is 16.3. The van der Waals surface area contributed by atoms with Gasteiger partial charge >= 0.3 is 0 Å². The summed E-state index contributed by atoms with van der Waals surface area (Å²) >= 11 is 0. The molecule has 0 atom stereocenters. The molecular formula is C60H40BN3O3. The average Bonchev–Trinajstić information content (AvgIpc) is 4.06. The van der Waals surface area contributed by atoms with Gasteiger partial charge in [0.2, 0.25) is 6.71 Å². The smallest absolute Gasteiger partial charge is 0.247 e. The fraction of sp³-hybridized carbons (Fsp3) is 0.0333. The number of anilines is 8.